The first-order valence-corrected chi connectivity index (χ1v) is 5.22. The van der Waals surface area contributed by atoms with Crippen LogP contribution in [0.4, 0.5) is 4.39 Å². The van der Waals surface area contributed by atoms with E-state index in [4.69, 9.17) is 10.8 Å². The standard InChI is InChI=1S/C11H13FN2O2/c12-8-4-7(5-14-10(8)11(15)16)9(13)3-6-1-2-6/h4-6,9H,1-3,13H2,(H,15,16)/t9-/m0/s1. The van der Waals surface area contributed by atoms with E-state index in [9.17, 15) is 9.18 Å². The molecular formula is C11H13FN2O2. The Balaban J connectivity index is 2.15. The summed E-state index contributed by atoms with van der Waals surface area (Å²) in [5.41, 5.74) is 5.89. The summed E-state index contributed by atoms with van der Waals surface area (Å²) in [4.78, 5) is 14.1. The molecule has 0 amide bonds. The van der Waals surface area contributed by atoms with Gasteiger partial charge in [-0.3, -0.25) is 0 Å². The smallest absolute Gasteiger partial charge is 0.357 e. The second-order valence-electron chi connectivity index (χ2n) is 4.19. The maximum atomic E-state index is 13.3. The summed E-state index contributed by atoms with van der Waals surface area (Å²) in [6, 6.07) is 0.918. The first kappa shape index (κ1) is 11.0. The highest BCUT2D eigenvalue weighted by Gasteiger charge is 2.25. The average molecular weight is 224 g/mol. The first-order chi connectivity index (χ1) is 7.58. The third kappa shape index (κ3) is 2.36. The minimum absolute atomic E-state index is 0.252. The number of hydrogen-bond donors (Lipinski definition) is 2. The molecule has 0 spiro atoms. The molecule has 0 bridgehead atoms. The minimum Gasteiger partial charge on any atom is -0.476 e. The molecule has 1 atom stereocenters. The summed E-state index contributed by atoms with van der Waals surface area (Å²) < 4.78 is 13.3. The molecule has 5 heteroatoms. The predicted octanol–water partition coefficient (Wildman–Crippen LogP) is 1.72. The number of hydrogen-bond acceptors (Lipinski definition) is 3. The summed E-state index contributed by atoms with van der Waals surface area (Å²) >= 11 is 0. The zero-order chi connectivity index (χ0) is 11.7. The van der Waals surface area contributed by atoms with Gasteiger partial charge >= 0.3 is 5.97 Å². The monoisotopic (exact) mass is 224 g/mol. The van der Waals surface area contributed by atoms with E-state index in [0.717, 1.165) is 6.42 Å². The Bertz CT molecular complexity index is 418. The van der Waals surface area contributed by atoms with E-state index in [2.05, 4.69) is 4.98 Å². The number of nitrogens with two attached hydrogens (primary N) is 1. The van der Waals surface area contributed by atoms with Gasteiger partial charge in [-0.15, -0.1) is 0 Å². The number of pyridine rings is 1. The van der Waals surface area contributed by atoms with Gasteiger partial charge < -0.3 is 10.8 Å². The van der Waals surface area contributed by atoms with Gasteiger partial charge in [0.1, 0.15) is 0 Å². The number of rotatable bonds is 4. The molecule has 0 radical (unpaired) electrons. The van der Waals surface area contributed by atoms with Gasteiger partial charge in [-0.25, -0.2) is 14.2 Å². The number of halogens is 1. The summed E-state index contributed by atoms with van der Waals surface area (Å²) in [6.07, 6.45) is 4.51. The average Bonchev–Trinajstić information content (AvgIpc) is 3.00. The summed E-state index contributed by atoms with van der Waals surface area (Å²) in [7, 11) is 0. The van der Waals surface area contributed by atoms with Crippen molar-refractivity contribution in [1.82, 2.24) is 4.98 Å². The highest BCUT2D eigenvalue weighted by atomic mass is 19.1. The molecule has 1 aromatic rings. The van der Waals surface area contributed by atoms with Crippen molar-refractivity contribution in [1.29, 1.82) is 0 Å². The fraction of sp³-hybridized carbons (Fsp3) is 0.455. The van der Waals surface area contributed by atoms with Crippen molar-refractivity contribution >= 4 is 5.97 Å². The Morgan fingerprint density at radius 1 is 1.69 bits per heavy atom. The number of nitrogens with zero attached hydrogens (tertiary/aromatic N) is 1. The van der Waals surface area contributed by atoms with E-state index in [1.165, 1.54) is 25.1 Å². The zero-order valence-corrected chi connectivity index (χ0v) is 8.69. The van der Waals surface area contributed by atoms with E-state index in [-0.39, 0.29) is 6.04 Å². The maximum absolute atomic E-state index is 13.3. The van der Waals surface area contributed by atoms with E-state index < -0.39 is 17.5 Å². The SMILES string of the molecule is N[C@@H](CC1CC1)c1cnc(C(=O)O)c(F)c1. The summed E-state index contributed by atoms with van der Waals surface area (Å²) in [5, 5.41) is 8.62. The number of carbonyl (C=O) groups is 1. The lowest BCUT2D eigenvalue weighted by atomic mass is 10.0. The zero-order valence-electron chi connectivity index (χ0n) is 8.69. The van der Waals surface area contributed by atoms with Gasteiger partial charge in [0.15, 0.2) is 11.5 Å². The maximum Gasteiger partial charge on any atom is 0.357 e. The lowest BCUT2D eigenvalue weighted by molar-refractivity contribution is 0.0685. The summed E-state index contributed by atoms with van der Waals surface area (Å²) in [6.45, 7) is 0. The van der Waals surface area contributed by atoms with Crippen LogP contribution in [0, 0.1) is 11.7 Å². The van der Waals surface area contributed by atoms with Crippen LogP contribution in [0.15, 0.2) is 12.3 Å². The molecule has 1 heterocycles. The van der Waals surface area contributed by atoms with Crippen LogP contribution in [-0.2, 0) is 0 Å². The molecule has 1 aromatic heterocycles. The van der Waals surface area contributed by atoms with Gasteiger partial charge in [0.2, 0.25) is 0 Å². The largest absolute Gasteiger partial charge is 0.476 e. The van der Waals surface area contributed by atoms with Gasteiger partial charge in [-0.2, -0.15) is 0 Å². The van der Waals surface area contributed by atoms with Crippen LogP contribution in [0.25, 0.3) is 0 Å². The van der Waals surface area contributed by atoms with Crippen molar-refractivity contribution in [2.75, 3.05) is 0 Å². The molecule has 1 fully saturated rings. The predicted molar refractivity (Wildman–Crippen MR) is 55.4 cm³/mol. The van der Waals surface area contributed by atoms with Crippen LogP contribution in [0.5, 0.6) is 0 Å². The highest BCUT2D eigenvalue weighted by molar-refractivity contribution is 5.85. The molecule has 16 heavy (non-hydrogen) atoms. The Morgan fingerprint density at radius 3 is 2.88 bits per heavy atom. The molecule has 0 aromatic carbocycles. The molecule has 4 nitrogen and oxygen atoms in total. The lowest BCUT2D eigenvalue weighted by Gasteiger charge is -2.11. The van der Waals surface area contributed by atoms with Crippen LogP contribution in [0.2, 0.25) is 0 Å². The highest BCUT2D eigenvalue weighted by Crippen LogP contribution is 2.36. The van der Waals surface area contributed by atoms with Crippen molar-refractivity contribution < 1.29 is 14.3 Å². The normalized spacial score (nSPS) is 17.1. The van der Waals surface area contributed by atoms with Crippen molar-refractivity contribution in [3.63, 3.8) is 0 Å². The third-order valence-corrected chi connectivity index (χ3v) is 2.78. The van der Waals surface area contributed by atoms with Gasteiger partial charge in [0, 0.05) is 12.2 Å². The van der Waals surface area contributed by atoms with Gasteiger partial charge in [0.25, 0.3) is 0 Å². The quantitative estimate of drug-likeness (QED) is 0.816. The van der Waals surface area contributed by atoms with E-state index >= 15 is 0 Å². The Morgan fingerprint density at radius 2 is 2.38 bits per heavy atom. The van der Waals surface area contributed by atoms with Crippen LogP contribution >= 0.6 is 0 Å². The molecule has 0 saturated heterocycles. The molecule has 1 saturated carbocycles. The Kier molecular flexibility index (Phi) is 2.87. The molecule has 3 N–H and O–H groups in total. The van der Waals surface area contributed by atoms with E-state index in [0.29, 0.717) is 11.5 Å². The number of aromatic nitrogens is 1. The van der Waals surface area contributed by atoms with Crippen molar-refractivity contribution in [3.8, 4) is 0 Å². The number of aromatic carboxylic acids is 1. The Labute approximate surface area is 92.3 Å². The topological polar surface area (TPSA) is 76.2 Å². The van der Waals surface area contributed by atoms with Crippen LogP contribution in [0.1, 0.15) is 41.4 Å². The lowest BCUT2D eigenvalue weighted by Crippen LogP contribution is -2.13. The molecule has 2 rings (SSSR count). The van der Waals surface area contributed by atoms with Gasteiger partial charge in [0.05, 0.1) is 0 Å². The summed E-state index contributed by atoms with van der Waals surface area (Å²) in [5.74, 6) is -1.55. The molecular weight excluding hydrogens is 211 g/mol. The van der Waals surface area contributed by atoms with Crippen LogP contribution in [0.3, 0.4) is 0 Å². The van der Waals surface area contributed by atoms with Crippen LogP contribution in [-0.4, -0.2) is 16.1 Å². The van der Waals surface area contributed by atoms with Gasteiger partial charge in [-0.05, 0) is 24.0 Å². The number of carboxylic acids is 1. The number of carboxylic acid groups (broad SMARTS) is 1. The second kappa shape index (κ2) is 4.17. The fourth-order valence-corrected chi connectivity index (χ4v) is 1.66. The van der Waals surface area contributed by atoms with Crippen molar-refractivity contribution in [2.24, 2.45) is 11.7 Å². The second-order valence-corrected chi connectivity index (χ2v) is 4.19. The Hall–Kier alpha value is -1.49. The minimum atomic E-state index is -1.36. The van der Waals surface area contributed by atoms with Crippen molar-refractivity contribution in [2.45, 2.75) is 25.3 Å². The first-order valence-electron chi connectivity index (χ1n) is 5.22. The molecule has 0 aliphatic heterocycles. The fourth-order valence-electron chi connectivity index (χ4n) is 1.66. The van der Waals surface area contributed by atoms with Gasteiger partial charge in [-0.1, -0.05) is 12.8 Å². The van der Waals surface area contributed by atoms with Crippen molar-refractivity contribution in [3.05, 3.63) is 29.3 Å². The molecule has 1 aliphatic rings. The van der Waals surface area contributed by atoms with E-state index in [1.54, 1.807) is 0 Å². The molecule has 1 aliphatic carbocycles. The van der Waals surface area contributed by atoms with Crippen LogP contribution < -0.4 is 5.73 Å². The molecule has 0 unspecified atom stereocenters. The third-order valence-electron chi connectivity index (χ3n) is 2.78. The molecule has 86 valence electrons. The van der Waals surface area contributed by atoms with E-state index in [1.807, 2.05) is 0 Å².